The van der Waals surface area contributed by atoms with E-state index in [0.29, 0.717) is 37.3 Å². The van der Waals surface area contributed by atoms with Gasteiger partial charge >= 0.3 is 0 Å². The van der Waals surface area contributed by atoms with E-state index >= 15 is 4.39 Å². The Morgan fingerprint density at radius 2 is 1.67 bits per heavy atom. The minimum absolute atomic E-state index is 0.257. The summed E-state index contributed by atoms with van der Waals surface area (Å²) < 4.78 is 54.8. The van der Waals surface area contributed by atoms with Crippen LogP contribution in [-0.2, 0) is 21.2 Å². The molecule has 1 heterocycles. The standard InChI is InChI=1S/C31H37F2N3O3S.C2H6/c1-20-16-21(2)18-24(17-20)30(23-8-10-25(32)11-9-23)22(3)31(37)35-29-7-5-6-28(33)27(29)13-12-26-19-34-14-15-36(26)40(4,38)39;1-2/h5-11,16-18,22,26,30,34H,12-15,19H2,1-4H3,(H,35,37);1-2H3/t22-,26-,30-;/m0./s1. The summed E-state index contributed by atoms with van der Waals surface area (Å²) in [6, 6.07) is 16.5. The van der Waals surface area contributed by atoms with Crippen LogP contribution in [0.2, 0.25) is 0 Å². The molecular weight excluding hydrogens is 556 g/mol. The van der Waals surface area contributed by atoms with Gasteiger partial charge in [-0.05, 0) is 62.1 Å². The summed E-state index contributed by atoms with van der Waals surface area (Å²) in [6.45, 7) is 11.2. The third kappa shape index (κ3) is 8.46. The largest absolute Gasteiger partial charge is 0.325 e. The predicted octanol–water partition coefficient (Wildman–Crippen LogP) is 6.18. The van der Waals surface area contributed by atoms with E-state index in [9.17, 15) is 17.6 Å². The second-order valence-electron chi connectivity index (χ2n) is 10.8. The lowest BCUT2D eigenvalue weighted by molar-refractivity contribution is -0.119. The van der Waals surface area contributed by atoms with Crippen LogP contribution in [0.3, 0.4) is 0 Å². The minimum atomic E-state index is -3.39. The summed E-state index contributed by atoms with van der Waals surface area (Å²) in [5.41, 5.74) is 4.57. The van der Waals surface area contributed by atoms with Crippen LogP contribution in [0.1, 0.15) is 60.9 Å². The summed E-state index contributed by atoms with van der Waals surface area (Å²) in [6.07, 6.45) is 1.85. The van der Waals surface area contributed by atoms with E-state index in [1.807, 2.05) is 46.8 Å². The molecule has 9 heteroatoms. The molecule has 42 heavy (non-hydrogen) atoms. The van der Waals surface area contributed by atoms with E-state index in [1.165, 1.54) is 28.8 Å². The van der Waals surface area contributed by atoms with Crippen molar-refractivity contribution in [2.75, 3.05) is 31.2 Å². The Labute approximate surface area is 249 Å². The third-order valence-electron chi connectivity index (χ3n) is 7.57. The minimum Gasteiger partial charge on any atom is -0.325 e. The van der Waals surface area contributed by atoms with Gasteiger partial charge in [-0.3, -0.25) is 4.79 Å². The number of hydrogen-bond acceptors (Lipinski definition) is 4. The number of sulfonamides is 1. The summed E-state index contributed by atoms with van der Waals surface area (Å²) >= 11 is 0. The van der Waals surface area contributed by atoms with Gasteiger partial charge in [-0.25, -0.2) is 17.2 Å². The molecule has 0 unspecified atom stereocenters. The maximum absolute atomic E-state index is 15.1. The highest BCUT2D eigenvalue weighted by atomic mass is 32.2. The Kier molecular flexibility index (Phi) is 11.8. The smallest absolute Gasteiger partial charge is 0.228 e. The molecule has 0 aromatic heterocycles. The number of benzene rings is 3. The fourth-order valence-corrected chi connectivity index (χ4v) is 6.84. The van der Waals surface area contributed by atoms with Crippen LogP contribution >= 0.6 is 0 Å². The van der Waals surface area contributed by atoms with Crippen molar-refractivity contribution >= 4 is 21.6 Å². The molecule has 2 N–H and O–H groups in total. The van der Waals surface area contributed by atoms with Gasteiger partial charge in [0.25, 0.3) is 0 Å². The fourth-order valence-electron chi connectivity index (χ4n) is 5.69. The van der Waals surface area contributed by atoms with Crippen molar-refractivity contribution in [2.45, 2.75) is 59.4 Å². The zero-order valence-electron chi connectivity index (χ0n) is 25.4. The van der Waals surface area contributed by atoms with Crippen molar-refractivity contribution in [3.8, 4) is 0 Å². The number of nitrogens with zero attached hydrogens (tertiary/aromatic N) is 1. The lowest BCUT2D eigenvalue weighted by atomic mass is 9.80. The number of halogens is 2. The number of amides is 1. The Morgan fingerprint density at radius 1 is 1.02 bits per heavy atom. The molecule has 3 aromatic rings. The van der Waals surface area contributed by atoms with Crippen molar-refractivity contribution < 1.29 is 22.0 Å². The molecule has 1 aliphatic rings. The molecule has 0 aliphatic carbocycles. The average Bonchev–Trinajstić information content (AvgIpc) is 2.94. The van der Waals surface area contributed by atoms with E-state index in [-0.39, 0.29) is 30.1 Å². The lowest BCUT2D eigenvalue weighted by Gasteiger charge is -2.34. The van der Waals surface area contributed by atoms with E-state index in [0.717, 1.165) is 22.3 Å². The molecule has 0 spiro atoms. The molecule has 1 amide bonds. The molecule has 1 saturated heterocycles. The molecule has 3 atom stereocenters. The van der Waals surface area contributed by atoms with Crippen LogP contribution in [0.25, 0.3) is 0 Å². The first-order chi connectivity index (χ1) is 19.9. The quantitative estimate of drug-likeness (QED) is 0.308. The van der Waals surface area contributed by atoms with Crippen LogP contribution in [0.15, 0.2) is 60.7 Å². The molecule has 0 bridgehead atoms. The zero-order valence-corrected chi connectivity index (χ0v) is 26.2. The highest BCUT2D eigenvalue weighted by molar-refractivity contribution is 7.88. The molecule has 0 radical (unpaired) electrons. The van der Waals surface area contributed by atoms with Crippen molar-refractivity contribution in [1.82, 2.24) is 9.62 Å². The predicted molar refractivity (Wildman–Crippen MR) is 166 cm³/mol. The van der Waals surface area contributed by atoms with E-state index in [2.05, 4.69) is 16.7 Å². The Morgan fingerprint density at radius 3 is 2.29 bits per heavy atom. The molecule has 6 nitrogen and oxygen atoms in total. The molecular formula is C33H43F2N3O3S. The summed E-state index contributed by atoms with van der Waals surface area (Å²) in [7, 11) is -3.39. The van der Waals surface area contributed by atoms with E-state index in [1.54, 1.807) is 24.3 Å². The van der Waals surface area contributed by atoms with Gasteiger partial charge in [0, 0.05) is 48.8 Å². The summed E-state index contributed by atoms with van der Waals surface area (Å²) in [4.78, 5) is 13.7. The third-order valence-corrected chi connectivity index (χ3v) is 8.90. The topological polar surface area (TPSA) is 78.5 Å². The zero-order chi connectivity index (χ0) is 31.0. The van der Waals surface area contributed by atoms with Crippen LogP contribution in [0.5, 0.6) is 0 Å². The van der Waals surface area contributed by atoms with Gasteiger partial charge in [-0.1, -0.05) is 68.3 Å². The monoisotopic (exact) mass is 599 g/mol. The molecule has 228 valence electrons. The van der Waals surface area contributed by atoms with Gasteiger partial charge in [0.2, 0.25) is 15.9 Å². The number of aryl methyl sites for hydroxylation is 2. The van der Waals surface area contributed by atoms with Gasteiger partial charge in [-0.2, -0.15) is 4.31 Å². The first-order valence-electron chi connectivity index (χ1n) is 14.5. The van der Waals surface area contributed by atoms with E-state index < -0.39 is 21.8 Å². The normalized spacial score (nSPS) is 17.1. The number of rotatable bonds is 9. The van der Waals surface area contributed by atoms with Crippen molar-refractivity contribution in [3.05, 3.63) is 100 Å². The average molecular weight is 600 g/mol. The number of carbonyl (C=O) groups excluding carboxylic acids is 1. The van der Waals surface area contributed by atoms with E-state index in [4.69, 9.17) is 0 Å². The maximum atomic E-state index is 15.1. The highest BCUT2D eigenvalue weighted by Crippen LogP contribution is 2.35. The molecule has 1 aliphatic heterocycles. The van der Waals surface area contributed by atoms with Gasteiger partial charge in [0.15, 0.2) is 0 Å². The Bertz CT molecular complexity index is 1440. The highest BCUT2D eigenvalue weighted by Gasteiger charge is 2.31. The van der Waals surface area contributed by atoms with Crippen molar-refractivity contribution in [3.63, 3.8) is 0 Å². The molecule has 0 saturated carbocycles. The van der Waals surface area contributed by atoms with Crippen molar-refractivity contribution in [2.24, 2.45) is 5.92 Å². The Balaban J connectivity index is 0.00000237. The summed E-state index contributed by atoms with van der Waals surface area (Å²) in [5, 5.41) is 6.15. The van der Waals surface area contributed by atoms with Crippen LogP contribution in [-0.4, -0.2) is 50.6 Å². The SMILES string of the molecule is CC.Cc1cc(C)cc([C@H](c2ccc(F)cc2)[C@H](C)C(=O)Nc2cccc(F)c2CC[C@H]2CNCCN2S(C)(=O)=O)c1. The number of anilines is 1. The second-order valence-corrected chi connectivity index (χ2v) is 12.7. The lowest BCUT2D eigenvalue weighted by Crippen LogP contribution is -2.53. The molecule has 1 fully saturated rings. The van der Waals surface area contributed by atoms with Gasteiger partial charge < -0.3 is 10.6 Å². The first-order valence-corrected chi connectivity index (χ1v) is 16.4. The van der Waals surface area contributed by atoms with Gasteiger partial charge in [-0.15, -0.1) is 0 Å². The first kappa shape index (κ1) is 33.4. The maximum Gasteiger partial charge on any atom is 0.228 e. The second kappa shape index (κ2) is 14.8. The Hall–Kier alpha value is -3.14. The fraction of sp³-hybridized carbons (Fsp3) is 0.424. The number of hydrogen-bond donors (Lipinski definition) is 2. The molecule has 4 rings (SSSR count). The number of carbonyl (C=O) groups is 1. The summed E-state index contributed by atoms with van der Waals surface area (Å²) in [5.74, 6) is -2.02. The number of nitrogens with one attached hydrogen (secondary N) is 2. The van der Waals surface area contributed by atoms with Gasteiger partial charge in [0.05, 0.1) is 6.26 Å². The molecule has 3 aromatic carbocycles. The van der Waals surface area contributed by atoms with Crippen LogP contribution < -0.4 is 10.6 Å². The number of piperazine rings is 1. The van der Waals surface area contributed by atoms with Crippen LogP contribution in [0, 0.1) is 31.4 Å². The van der Waals surface area contributed by atoms with Crippen molar-refractivity contribution in [1.29, 1.82) is 0 Å². The van der Waals surface area contributed by atoms with Crippen LogP contribution in [0.4, 0.5) is 14.5 Å². The van der Waals surface area contributed by atoms with Gasteiger partial charge in [0.1, 0.15) is 11.6 Å².